The van der Waals surface area contributed by atoms with E-state index in [2.05, 4.69) is 10.3 Å². The van der Waals surface area contributed by atoms with Gasteiger partial charge in [0.25, 0.3) is 5.91 Å². The zero-order valence-corrected chi connectivity index (χ0v) is 12.4. The minimum atomic E-state index is -3.33. The summed E-state index contributed by atoms with van der Waals surface area (Å²) < 4.78 is 27.7. The minimum absolute atomic E-state index is 0.00290. The van der Waals surface area contributed by atoms with Crippen molar-refractivity contribution >= 4 is 5.91 Å². The summed E-state index contributed by atoms with van der Waals surface area (Å²) >= 11 is 0. The van der Waals surface area contributed by atoms with Crippen LogP contribution in [0, 0.1) is 0 Å². The van der Waals surface area contributed by atoms with Crippen molar-refractivity contribution in [2.45, 2.75) is 51.2 Å². The predicted octanol–water partition coefficient (Wildman–Crippen LogP) is 1.32. The van der Waals surface area contributed by atoms with Gasteiger partial charge in [0.2, 0.25) is 0 Å². The Hall–Kier alpha value is -1.57. The monoisotopic (exact) mass is 302 g/mol. The van der Waals surface area contributed by atoms with Crippen LogP contribution in [0.15, 0.2) is 6.20 Å². The molecule has 1 aromatic heterocycles. The molecule has 1 aliphatic rings. The fourth-order valence-electron chi connectivity index (χ4n) is 2.35. The summed E-state index contributed by atoms with van der Waals surface area (Å²) in [6.07, 6.45) is 2.74. The van der Waals surface area contributed by atoms with Crippen LogP contribution in [-0.4, -0.2) is 49.9 Å². The molecule has 0 bridgehead atoms. The molecule has 21 heavy (non-hydrogen) atoms. The number of carbonyl (C=O) groups excluding carboxylic acids is 1. The van der Waals surface area contributed by atoms with E-state index in [1.807, 2.05) is 0 Å². The number of hydrogen-bond donors (Lipinski definition) is 1. The number of likely N-dealkylation sites (tertiary alicyclic amines) is 1. The molecule has 0 aromatic carbocycles. The van der Waals surface area contributed by atoms with E-state index in [-0.39, 0.29) is 19.1 Å². The third-order valence-corrected chi connectivity index (χ3v) is 3.64. The summed E-state index contributed by atoms with van der Waals surface area (Å²) in [6, 6.07) is 0.00290. The molecule has 6 nitrogen and oxygen atoms in total. The van der Waals surface area contributed by atoms with E-state index in [1.54, 1.807) is 24.7 Å². The topological polar surface area (TPSA) is 71.2 Å². The highest BCUT2D eigenvalue weighted by Crippen LogP contribution is 2.26. The molecule has 0 radical (unpaired) electrons. The van der Waals surface area contributed by atoms with Gasteiger partial charge in [0.15, 0.2) is 0 Å². The van der Waals surface area contributed by atoms with Gasteiger partial charge >= 0.3 is 5.92 Å². The number of aliphatic hydroxyl groups is 1. The van der Waals surface area contributed by atoms with Crippen molar-refractivity contribution < 1.29 is 18.7 Å². The zero-order valence-electron chi connectivity index (χ0n) is 12.4. The summed E-state index contributed by atoms with van der Waals surface area (Å²) in [5.74, 6) is -4.45. The van der Waals surface area contributed by atoms with Gasteiger partial charge in [-0.2, -0.15) is 8.78 Å². The lowest BCUT2D eigenvalue weighted by Gasteiger charge is -2.33. The summed E-state index contributed by atoms with van der Waals surface area (Å²) in [7, 11) is 0. The van der Waals surface area contributed by atoms with Gasteiger partial charge in [0.1, 0.15) is 11.3 Å². The molecule has 0 atom stereocenters. The molecule has 2 heterocycles. The lowest BCUT2D eigenvalue weighted by atomic mass is 10.0. The number of hydrogen-bond acceptors (Lipinski definition) is 4. The number of amides is 1. The highest BCUT2D eigenvalue weighted by atomic mass is 19.3. The minimum Gasteiger partial charge on any atom is -0.384 e. The van der Waals surface area contributed by atoms with E-state index in [0.29, 0.717) is 25.5 Å². The van der Waals surface area contributed by atoms with Gasteiger partial charge in [-0.05, 0) is 26.7 Å². The average Bonchev–Trinajstić information content (AvgIpc) is 2.86. The third-order valence-electron chi connectivity index (χ3n) is 3.64. The standard InChI is InChI=1S/C13H20F2N4O2/c1-12(2,21)10-8-19(17-16-10)9-4-6-18(7-5-9)11(20)13(3,14)15/h8-9,21H,4-7H2,1-3H3. The van der Waals surface area contributed by atoms with Crippen LogP contribution in [0.25, 0.3) is 0 Å². The Morgan fingerprint density at radius 3 is 2.33 bits per heavy atom. The van der Waals surface area contributed by atoms with Crippen LogP contribution in [-0.2, 0) is 10.4 Å². The molecule has 2 rings (SSSR count). The molecule has 1 saturated heterocycles. The van der Waals surface area contributed by atoms with Crippen LogP contribution in [0.5, 0.6) is 0 Å². The van der Waals surface area contributed by atoms with E-state index in [4.69, 9.17) is 0 Å². The van der Waals surface area contributed by atoms with E-state index in [9.17, 15) is 18.7 Å². The molecule has 8 heteroatoms. The number of piperidine rings is 1. The average molecular weight is 302 g/mol. The molecule has 0 spiro atoms. The first-order valence-electron chi connectivity index (χ1n) is 6.91. The van der Waals surface area contributed by atoms with Gasteiger partial charge in [-0.25, -0.2) is 4.68 Å². The number of aromatic nitrogens is 3. The van der Waals surface area contributed by atoms with Crippen LogP contribution in [0.3, 0.4) is 0 Å². The van der Waals surface area contributed by atoms with Crippen LogP contribution >= 0.6 is 0 Å². The second kappa shape index (κ2) is 5.32. The summed E-state index contributed by atoms with van der Waals surface area (Å²) in [5.41, 5.74) is -0.611. The van der Waals surface area contributed by atoms with Crippen molar-refractivity contribution in [2.24, 2.45) is 0 Å². The Labute approximate surface area is 121 Å². The molecule has 1 amide bonds. The molecular formula is C13H20F2N4O2. The Morgan fingerprint density at radius 1 is 1.33 bits per heavy atom. The maximum atomic E-state index is 13.0. The maximum absolute atomic E-state index is 13.0. The number of carbonyl (C=O) groups is 1. The summed E-state index contributed by atoms with van der Waals surface area (Å²) in [6.45, 7) is 4.39. The molecule has 0 unspecified atom stereocenters. The quantitative estimate of drug-likeness (QED) is 0.914. The maximum Gasteiger partial charge on any atom is 0.322 e. The highest BCUT2D eigenvalue weighted by molar-refractivity contribution is 5.83. The van der Waals surface area contributed by atoms with Gasteiger partial charge in [-0.1, -0.05) is 5.21 Å². The van der Waals surface area contributed by atoms with Gasteiger partial charge in [0, 0.05) is 20.0 Å². The van der Waals surface area contributed by atoms with Crippen LogP contribution in [0.4, 0.5) is 8.78 Å². The van der Waals surface area contributed by atoms with Gasteiger partial charge in [-0.3, -0.25) is 4.79 Å². The van der Waals surface area contributed by atoms with Crippen LogP contribution in [0.2, 0.25) is 0 Å². The Morgan fingerprint density at radius 2 is 1.90 bits per heavy atom. The Kier molecular flexibility index (Phi) is 4.01. The molecule has 118 valence electrons. The number of nitrogens with zero attached hydrogens (tertiary/aromatic N) is 4. The number of halogens is 2. The SMILES string of the molecule is CC(F)(F)C(=O)N1CCC(n2cc(C(C)(C)O)nn2)CC1. The lowest BCUT2D eigenvalue weighted by Crippen LogP contribution is -2.46. The first kappa shape index (κ1) is 15.8. The zero-order chi connectivity index (χ0) is 15.8. The molecule has 1 fully saturated rings. The Bertz CT molecular complexity index is 511. The molecule has 0 aliphatic carbocycles. The first-order chi connectivity index (χ1) is 9.59. The van der Waals surface area contributed by atoms with Crippen molar-refractivity contribution in [3.63, 3.8) is 0 Å². The summed E-state index contributed by atoms with van der Waals surface area (Å²) in [5, 5.41) is 17.8. The van der Waals surface area contributed by atoms with Crippen molar-refractivity contribution in [1.29, 1.82) is 0 Å². The molecule has 1 aliphatic heterocycles. The molecule has 1 N–H and O–H groups in total. The van der Waals surface area contributed by atoms with Gasteiger partial charge < -0.3 is 10.0 Å². The Balaban J connectivity index is 1.98. The smallest absolute Gasteiger partial charge is 0.322 e. The van der Waals surface area contributed by atoms with Gasteiger partial charge in [-0.15, -0.1) is 5.10 Å². The van der Waals surface area contributed by atoms with Crippen LogP contribution < -0.4 is 0 Å². The van der Waals surface area contributed by atoms with E-state index in [1.165, 1.54) is 4.90 Å². The van der Waals surface area contributed by atoms with Crippen molar-refractivity contribution in [3.05, 3.63) is 11.9 Å². The first-order valence-corrected chi connectivity index (χ1v) is 6.91. The number of rotatable bonds is 3. The normalized spacial score (nSPS) is 18.1. The molecular weight excluding hydrogens is 282 g/mol. The second-order valence-electron chi connectivity index (χ2n) is 6.05. The fraction of sp³-hybridized carbons (Fsp3) is 0.769. The third kappa shape index (κ3) is 3.55. The van der Waals surface area contributed by atoms with E-state index < -0.39 is 17.4 Å². The van der Waals surface area contributed by atoms with Crippen molar-refractivity contribution in [1.82, 2.24) is 19.9 Å². The summed E-state index contributed by atoms with van der Waals surface area (Å²) in [4.78, 5) is 12.7. The molecule has 0 saturated carbocycles. The predicted molar refractivity (Wildman–Crippen MR) is 70.7 cm³/mol. The lowest BCUT2D eigenvalue weighted by molar-refractivity contribution is -0.156. The van der Waals surface area contributed by atoms with Gasteiger partial charge in [0.05, 0.1) is 12.2 Å². The van der Waals surface area contributed by atoms with E-state index >= 15 is 0 Å². The van der Waals surface area contributed by atoms with Crippen LogP contribution in [0.1, 0.15) is 45.3 Å². The van der Waals surface area contributed by atoms with Crippen molar-refractivity contribution in [3.8, 4) is 0 Å². The second-order valence-corrected chi connectivity index (χ2v) is 6.05. The van der Waals surface area contributed by atoms with Crippen molar-refractivity contribution in [2.75, 3.05) is 13.1 Å². The fourth-order valence-corrected chi connectivity index (χ4v) is 2.35. The number of alkyl halides is 2. The largest absolute Gasteiger partial charge is 0.384 e. The van der Waals surface area contributed by atoms with E-state index in [0.717, 1.165) is 0 Å². The highest BCUT2D eigenvalue weighted by Gasteiger charge is 2.38. The molecule has 1 aromatic rings.